The third-order valence-corrected chi connectivity index (χ3v) is 3.79. The molecule has 22 heavy (non-hydrogen) atoms. The largest absolute Gasteiger partial charge is 0.453 e. The molecule has 6 heteroatoms. The lowest BCUT2D eigenvalue weighted by Gasteiger charge is -2.31. The molecule has 1 aromatic rings. The highest BCUT2D eigenvalue weighted by atomic mass is 19.1. The number of nitrogens with one attached hydrogen (secondary N) is 2. The molecule has 2 atom stereocenters. The fourth-order valence-electron chi connectivity index (χ4n) is 2.74. The number of alkyl carbamates (subject to hydrolysis) is 1. The molecule has 0 aromatic heterocycles. The first-order valence-corrected chi connectivity index (χ1v) is 7.60. The van der Waals surface area contributed by atoms with E-state index in [1.165, 1.54) is 19.2 Å². The summed E-state index contributed by atoms with van der Waals surface area (Å²) in [6, 6.07) is 6.53. The van der Waals surface area contributed by atoms with Gasteiger partial charge in [0.05, 0.1) is 19.8 Å². The molecule has 1 unspecified atom stereocenters. The third kappa shape index (κ3) is 4.96. The van der Waals surface area contributed by atoms with Crippen LogP contribution in [0.15, 0.2) is 24.3 Å². The van der Waals surface area contributed by atoms with Crippen molar-refractivity contribution in [2.24, 2.45) is 5.92 Å². The Bertz CT molecular complexity index is 478. The van der Waals surface area contributed by atoms with Crippen LogP contribution >= 0.6 is 0 Å². The minimum absolute atomic E-state index is 0.178. The molecule has 1 aliphatic rings. The second kappa shape index (κ2) is 8.70. The van der Waals surface area contributed by atoms with E-state index in [-0.39, 0.29) is 11.9 Å². The number of methoxy groups -OCH3 is 1. The van der Waals surface area contributed by atoms with Gasteiger partial charge < -0.3 is 20.1 Å². The minimum Gasteiger partial charge on any atom is -0.453 e. The second-order valence-corrected chi connectivity index (χ2v) is 5.37. The van der Waals surface area contributed by atoms with Crippen LogP contribution in [0.25, 0.3) is 0 Å². The molecule has 0 spiro atoms. The topological polar surface area (TPSA) is 59.6 Å². The Morgan fingerprint density at radius 2 is 2.41 bits per heavy atom. The maximum atomic E-state index is 13.5. The molecule has 0 aliphatic carbocycles. The van der Waals surface area contributed by atoms with Gasteiger partial charge >= 0.3 is 6.09 Å². The van der Waals surface area contributed by atoms with Gasteiger partial charge in [-0.25, -0.2) is 9.18 Å². The number of ether oxygens (including phenoxy) is 2. The van der Waals surface area contributed by atoms with E-state index in [0.29, 0.717) is 19.1 Å². The molecule has 1 aromatic carbocycles. The molecule has 1 aliphatic heterocycles. The van der Waals surface area contributed by atoms with Gasteiger partial charge in [0.25, 0.3) is 0 Å². The highest BCUT2D eigenvalue weighted by Gasteiger charge is 2.26. The summed E-state index contributed by atoms with van der Waals surface area (Å²) in [5, 5.41) is 5.93. The number of rotatable bonds is 6. The monoisotopic (exact) mass is 310 g/mol. The first-order valence-electron chi connectivity index (χ1n) is 7.60. The van der Waals surface area contributed by atoms with E-state index in [1.807, 2.05) is 6.07 Å². The molecule has 1 heterocycles. The van der Waals surface area contributed by atoms with Crippen molar-refractivity contribution in [3.8, 4) is 0 Å². The van der Waals surface area contributed by atoms with Gasteiger partial charge in [-0.2, -0.15) is 0 Å². The fraction of sp³-hybridized carbons (Fsp3) is 0.562. The normalized spacial score (nSPS) is 19.5. The zero-order valence-electron chi connectivity index (χ0n) is 12.8. The number of carbonyl (C=O) groups is 1. The molecule has 5 nitrogen and oxygen atoms in total. The summed E-state index contributed by atoms with van der Waals surface area (Å²) in [6.45, 7) is 2.58. The summed E-state index contributed by atoms with van der Waals surface area (Å²) in [5.74, 6) is 0.0382. The van der Waals surface area contributed by atoms with Gasteiger partial charge in [0.15, 0.2) is 0 Å². The number of hydrogen-bond acceptors (Lipinski definition) is 4. The SMILES string of the molecule is COC(=O)NCCOC(c1cccc(F)c1)[C@@H]1CCCNC1. The number of carbonyl (C=O) groups excluding carboxylic acids is 1. The van der Waals surface area contributed by atoms with Crippen LogP contribution in [-0.2, 0) is 9.47 Å². The number of piperidine rings is 1. The van der Waals surface area contributed by atoms with Crippen LogP contribution in [0.1, 0.15) is 24.5 Å². The van der Waals surface area contributed by atoms with Crippen molar-refractivity contribution in [2.75, 3.05) is 33.4 Å². The van der Waals surface area contributed by atoms with Crippen molar-refractivity contribution in [1.29, 1.82) is 0 Å². The van der Waals surface area contributed by atoms with Crippen molar-refractivity contribution >= 4 is 6.09 Å². The Morgan fingerprint density at radius 3 is 3.09 bits per heavy atom. The molecule has 0 bridgehead atoms. The van der Waals surface area contributed by atoms with E-state index in [0.717, 1.165) is 31.5 Å². The lowest BCUT2D eigenvalue weighted by Crippen LogP contribution is -2.35. The highest BCUT2D eigenvalue weighted by Crippen LogP contribution is 2.30. The Morgan fingerprint density at radius 1 is 1.55 bits per heavy atom. The zero-order chi connectivity index (χ0) is 15.8. The molecule has 2 N–H and O–H groups in total. The fourth-order valence-corrected chi connectivity index (χ4v) is 2.74. The maximum absolute atomic E-state index is 13.5. The molecule has 2 rings (SSSR count). The summed E-state index contributed by atoms with van der Waals surface area (Å²) in [6.07, 6.45) is 1.46. The minimum atomic E-state index is -0.481. The van der Waals surface area contributed by atoms with Gasteiger partial charge in [0, 0.05) is 19.0 Å². The second-order valence-electron chi connectivity index (χ2n) is 5.37. The molecule has 0 radical (unpaired) electrons. The number of benzene rings is 1. The van der Waals surface area contributed by atoms with Crippen LogP contribution < -0.4 is 10.6 Å². The van der Waals surface area contributed by atoms with Gasteiger partial charge in [-0.05, 0) is 37.1 Å². The smallest absolute Gasteiger partial charge is 0.406 e. The quantitative estimate of drug-likeness (QED) is 0.791. The van der Waals surface area contributed by atoms with Crippen molar-refractivity contribution < 1.29 is 18.7 Å². The Labute approximate surface area is 130 Å². The molecule has 122 valence electrons. The Kier molecular flexibility index (Phi) is 6.61. The molecule has 1 saturated heterocycles. The van der Waals surface area contributed by atoms with Gasteiger partial charge in [0.2, 0.25) is 0 Å². The van der Waals surface area contributed by atoms with Crippen LogP contribution in [0, 0.1) is 11.7 Å². The van der Waals surface area contributed by atoms with Crippen molar-refractivity contribution in [1.82, 2.24) is 10.6 Å². The lowest BCUT2D eigenvalue weighted by atomic mass is 9.89. The highest BCUT2D eigenvalue weighted by molar-refractivity contribution is 5.66. The molecular weight excluding hydrogens is 287 g/mol. The van der Waals surface area contributed by atoms with Crippen LogP contribution in [0.4, 0.5) is 9.18 Å². The first kappa shape index (κ1) is 16.7. The number of hydrogen-bond donors (Lipinski definition) is 2. The number of amides is 1. The van der Waals surface area contributed by atoms with Gasteiger partial charge in [-0.15, -0.1) is 0 Å². The van der Waals surface area contributed by atoms with Gasteiger partial charge in [-0.1, -0.05) is 12.1 Å². The van der Waals surface area contributed by atoms with E-state index in [9.17, 15) is 9.18 Å². The molecule has 0 saturated carbocycles. The van der Waals surface area contributed by atoms with Crippen LogP contribution in [0.5, 0.6) is 0 Å². The summed E-state index contributed by atoms with van der Waals surface area (Å²) in [7, 11) is 1.32. The zero-order valence-corrected chi connectivity index (χ0v) is 12.8. The predicted octanol–water partition coefficient (Wildman–Crippen LogP) is 2.24. The van der Waals surface area contributed by atoms with Crippen molar-refractivity contribution in [3.05, 3.63) is 35.6 Å². The summed E-state index contributed by atoms with van der Waals surface area (Å²) >= 11 is 0. The number of halogens is 1. The summed E-state index contributed by atoms with van der Waals surface area (Å²) < 4.78 is 23.9. The van der Waals surface area contributed by atoms with E-state index in [2.05, 4.69) is 15.4 Å². The van der Waals surface area contributed by atoms with Crippen LogP contribution in [-0.4, -0.2) is 39.4 Å². The van der Waals surface area contributed by atoms with E-state index in [4.69, 9.17) is 4.74 Å². The van der Waals surface area contributed by atoms with Crippen molar-refractivity contribution in [2.45, 2.75) is 18.9 Å². The molecule has 1 amide bonds. The van der Waals surface area contributed by atoms with E-state index < -0.39 is 6.09 Å². The molecule has 1 fully saturated rings. The average Bonchev–Trinajstić information content (AvgIpc) is 2.55. The first-order chi connectivity index (χ1) is 10.7. The third-order valence-electron chi connectivity index (χ3n) is 3.79. The summed E-state index contributed by atoms with van der Waals surface area (Å²) in [5.41, 5.74) is 0.840. The Balaban J connectivity index is 1.97. The van der Waals surface area contributed by atoms with E-state index >= 15 is 0 Å². The van der Waals surface area contributed by atoms with Crippen LogP contribution in [0.3, 0.4) is 0 Å². The lowest BCUT2D eigenvalue weighted by molar-refractivity contribution is 0.00458. The maximum Gasteiger partial charge on any atom is 0.406 e. The standard InChI is InChI=1S/C16H23FN2O3/c1-21-16(20)19-8-9-22-15(13-5-3-7-18-11-13)12-4-2-6-14(17)10-12/h2,4,6,10,13,15,18H,3,5,7-9,11H2,1H3,(H,19,20)/t13-,15?/m1/s1. The predicted molar refractivity (Wildman–Crippen MR) is 81.1 cm³/mol. The van der Waals surface area contributed by atoms with Gasteiger partial charge in [0.1, 0.15) is 5.82 Å². The van der Waals surface area contributed by atoms with Gasteiger partial charge in [-0.3, -0.25) is 0 Å². The summed E-state index contributed by atoms with van der Waals surface area (Å²) in [4.78, 5) is 11.0. The van der Waals surface area contributed by atoms with E-state index in [1.54, 1.807) is 6.07 Å². The van der Waals surface area contributed by atoms with Crippen LogP contribution in [0.2, 0.25) is 0 Å². The van der Waals surface area contributed by atoms with Crippen molar-refractivity contribution in [3.63, 3.8) is 0 Å². The average molecular weight is 310 g/mol. The molecular formula is C16H23FN2O3. The Hall–Kier alpha value is -1.66.